The van der Waals surface area contributed by atoms with Crippen molar-refractivity contribution in [1.29, 1.82) is 0 Å². The van der Waals surface area contributed by atoms with E-state index in [0.29, 0.717) is 0 Å². The van der Waals surface area contributed by atoms with Crippen molar-refractivity contribution in [3.05, 3.63) is 65.7 Å². The number of hydrogen-bond donors (Lipinski definition) is 0. The predicted octanol–water partition coefficient (Wildman–Crippen LogP) is 3.84. The molecule has 2 aromatic carbocycles. The number of benzene rings is 2. The molecule has 0 aliphatic rings. The Kier molecular flexibility index (Phi) is 5.54. The zero-order valence-electron chi connectivity index (χ0n) is 12.9. The van der Waals surface area contributed by atoms with E-state index in [1.165, 1.54) is 6.07 Å². The van der Waals surface area contributed by atoms with E-state index in [2.05, 4.69) is 11.8 Å². The fraction of sp³-hybridized carbons (Fsp3) is 0.158. The fourth-order valence-electron chi connectivity index (χ4n) is 1.77. The van der Waals surface area contributed by atoms with Crippen LogP contribution in [0.3, 0.4) is 0 Å². The third kappa shape index (κ3) is 5.01. The summed E-state index contributed by atoms with van der Waals surface area (Å²) in [7, 11) is 0. The molecule has 0 aliphatic carbocycles. The van der Waals surface area contributed by atoms with Crippen LogP contribution >= 0.6 is 0 Å². The molecule has 23 heavy (non-hydrogen) atoms. The maximum absolute atomic E-state index is 12.2. The van der Waals surface area contributed by atoms with Gasteiger partial charge in [0.2, 0.25) is 5.78 Å². The van der Waals surface area contributed by atoms with Gasteiger partial charge < -0.3 is 9.47 Å². The van der Waals surface area contributed by atoms with E-state index < -0.39 is 11.9 Å². The summed E-state index contributed by atoms with van der Waals surface area (Å²) in [6.07, 6.45) is -1.15. The summed E-state index contributed by atoms with van der Waals surface area (Å²) in [5.41, 5.74) is 0.954. The predicted molar refractivity (Wildman–Crippen MR) is 86.3 cm³/mol. The van der Waals surface area contributed by atoms with Crippen LogP contribution in [0.4, 0.5) is 4.79 Å². The summed E-state index contributed by atoms with van der Waals surface area (Å²) < 4.78 is 9.99. The number of hydrogen-bond acceptors (Lipinski definition) is 4. The minimum absolute atomic E-state index is 0.130. The van der Waals surface area contributed by atoms with E-state index in [0.717, 1.165) is 5.56 Å². The van der Waals surface area contributed by atoms with E-state index in [1.807, 2.05) is 30.3 Å². The Morgan fingerprint density at radius 2 is 1.61 bits per heavy atom. The lowest BCUT2D eigenvalue weighted by Crippen LogP contribution is -2.16. The lowest BCUT2D eigenvalue weighted by atomic mass is 10.1. The normalized spacial score (nSPS) is 9.70. The summed E-state index contributed by atoms with van der Waals surface area (Å²) in [5, 5.41) is 0. The monoisotopic (exact) mass is 308 g/mol. The molecule has 2 aromatic rings. The summed E-state index contributed by atoms with van der Waals surface area (Å²) in [6.45, 7) is 3.42. The van der Waals surface area contributed by atoms with E-state index in [4.69, 9.17) is 9.47 Å². The highest BCUT2D eigenvalue weighted by atomic mass is 16.7. The first kappa shape index (κ1) is 16.3. The van der Waals surface area contributed by atoms with E-state index in [1.54, 1.807) is 32.0 Å². The van der Waals surface area contributed by atoms with Gasteiger partial charge in [-0.2, -0.15) is 0 Å². The van der Waals surface area contributed by atoms with Gasteiger partial charge in [0.1, 0.15) is 5.75 Å². The zero-order valence-corrected chi connectivity index (χ0v) is 12.9. The van der Waals surface area contributed by atoms with Crippen molar-refractivity contribution >= 4 is 11.9 Å². The van der Waals surface area contributed by atoms with Crippen LogP contribution in [0.2, 0.25) is 0 Å². The Hall–Kier alpha value is -3.06. The van der Waals surface area contributed by atoms with Gasteiger partial charge in [0, 0.05) is 5.56 Å². The number of para-hydroxylation sites is 1. The second kappa shape index (κ2) is 7.81. The Labute approximate surface area is 135 Å². The van der Waals surface area contributed by atoms with Crippen LogP contribution < -0.4 is 4.74 Å². The molecule has 0 radical (unpaired) electrons. The number of ketones is 1. The SMILES string of the molecule is CC(C)OC(=O)Oc1ccccc1C(=O)C#Cc1ccccc1. The van der Waals surface area contributed by atoms with Gasteiger partial charge in [-0.25, -0.2) is 4.79 Å². The topological polar surface area (TPSA) is 52.6 Å². The largest absolute Gasteiger partial charge is 0.514 e. The number of ether oxygens (including phenoxy) is 2. The van der Waals surface area contributed by atoms with Crippen LogP contribution in [0.5, 0.6) is 5.75 Å². The zero-order chi connectivity index (χ0) is 16.7. The van der Waals surface area contributed by atoms with E-state index >= 15 is 0 Å². The lowest BCUT2D eigenvalue weighted by Gasteiger charge is -2.09. The first-order valence-electron chi connectivity index (χ1n) is 7.15. The average molecular weight is 308 g/mol. The van der Waals surface area contributed by atoms with Gasteiger partial charge in [-0.05, 0) is 44.0 Å². The minimum atomic E-state index is -0.851. The average Bonchev–Trinajstić information content (AvgIpc) is 2.53. The third-order valence-corrected chi connectivity index (χ3v) is 2.75. The first-order chi connectivity index (χ1) is 11.1. The van der Waals surface area contributed by atoms with Crippen LogP contribution in [-0.2, 0) is 4.74 Å². The second-order valence-electron chi connectivity index (χ2n) is 4.96. The van der Waals surface area contributed by atoms with Crippen molar-refractivity contribution < 1.29 is 19.1 Å². The highest BCUT2D eigenvalue weighted by Crippen LogP contribution is 2.19. The molecule has 2 rings (SSSR count). The molecule has 0 fully saturated rings. The maximum atomic E-state index is 12.2. The summed E-state index contributed by atoms with van der Waals surface area (Å²) in [6, 6.07) is 15.6. The standard InChI is InChI=1S/C19H16O4/c1-14(2)22-19(21)23-18-11-7-6-10-16(18)17(20)13-12-15-8-4-3-5-9-15/h3-11,14H,1-2H3. The Morgan fingerprint density at radius 3 is 2.30 bits per heavy atom. The van der Waals surface area contributed by atoms with E-state index in [9.17, 15) is 9.59 Å². The smallest absolute Gasteiger partial charge is 0.431 e. The van der Waals surface area contributed by atoms with Gasteiger partial charge in [-0.3, -0.25) is 4.79 Å². The lowest BCUT2D eigenvalue weighted by molar-refractivity contribution is 0.0726. The molecule has 0 atom stereocenters. The van der Waals surface area contributed by atoms with Crippen molar-refractivity contribution in [2.45, 2.75) is 20.0 Å². The number of rotatable bonds is 3. The van der Waals surface area contributed by atoms with Gasteiger partial charge in [0.15, 0.2) is 0 Å². The van der Waals surface area contributed by atoms with Gasteiger partial charge in [-0.1, -0.05) is 36.3 Å². The molecule has 116 valence electrons. The molecule has 0 spiro atoms. The molecule has 0 saturated carbocycles. The first-order valence-corrected chi connectivity index (χ1v) is 7.15. The highest BCUT2D eigenvalue weighted by Gasteiger charge is 2.15. The van der Waals surface area contributed by atoms with Gasteiger partial charge in [-0.15, -0.1) is 0 Å². The molecular weight excluding hydrogens is 292 g/mol. The quantitative estimate of drug-likeness (QED) is 0.374. The van der Waals surface area contributed by atoms with Gasteiger partial charge >= 0.3 is 6.16 Å². The van der Waals surface area contributed by atoms with Crippen molar-refractivity contribution in [1.82, 2.24) is 0 Å². The van der Waals surface area contributed by atoms with Crippen molar-refractivity contribution in [3.8, 4) is 17.6 Å². The molecule has 0 saturated heterocycles. The molecule has 0 heterocycles. The number of carbonyl (C=O) groups is 2. The van der Waals surface area contributed by atoms with Crippen molar-refractivity contribution in [3.63, 3.8) is 0 Å². The van der Waals surface area contributed by atoms with Crippen molar-refractivity contribution in [2.24, 2.45) is 0 Å². The molecule has 0 amide bonds. The summed E-state index contributed by atoms with van der Waals surface area (Å²) in [5.74, 6) is 5.03. The molecule has 0 aliphatic heterocycles. The molecule has 0 unspecified atom stereocenters. The molecule has 0 N–H and O–H groups in total. The molecular formula is C19H16O4. The Bertz CT molecular complexity index is 752. The minimum Gasteiger partial charge on any atom is -0.431 e. The maximum Gasteiger partial charge on any atom is 0.514 e. The van der Waals surface area contributed by atoms with Crippen LogP contribution in [-0.4, -0.2) is 18.0 Å². The fourth-order valence-corrected chi connectivity index (χ4v) is 1.77. The summed E-state index contributed by atoms with van der Waals surface area (Å²) >= 11 is 0. The Balaban J connectivity index is 2.18. The van der Waals surface area contributed by atoms with Crippen LogP contribution in [0, 0.1) is 11.8 Å². The third-order valence-electron chi connectivity index (χ3n) is 2.75. The van der Waals surface area contributed by atoms with Crippen molar-refractivity contribution in [2.75, 3.05) is 0 Å². The number of carbonyl (C=O) groups excluding carboxylic acids is 2. The van der Waals surface area contributed by atoms with Gasteiger partial charge in [0.25, 0.3) is 0 Å². The Morgan fingerprint density at radius 1 is 0.957 bits per heavy atom. The van der Waals surface area contributed by atoms with Crippen LogP contribution in [0.15, 0.2) is 54.6 Å². The number of Topliss-reactive ketones (excluding diaryl/α,β-unsaturated/α-hetero) is 1. The molecule has 4 nitrogen and oxygen atoms in total. The molecule has 0 bridgehead atoms. The van der Waals surface area contributed by atoms with E-state index in [-0.39, 0.29) is 17.4 Å². The molecule has 4 heteroatoms. The highest BCUT2D eigenvalue weighted by molar-refractivity contribution is 6.11. The van der Waals surface area contributed by atoms with Crippen LogP contribution in [0.25, 0.3) is 0 Å². The summed E-state index contributed by atoms with van der Waals surface area (Å²) in [4.78, 5) is 23.8. The van der Waals surface area contributed by atoms with Crippen LogP contribution in [0.1, 0.15) is 29.8 Å². The molecule has 0 aromatic heterocycles. The van der Waals surface area contributed by atoms with Gasteiger partial charge in [0.05, 0.1) is 11.7 Å². The second-order valence-corrected chi connectivity index (χ2v) is 4.96.